The van der Waals surface area contributed by atoms with Crippen molar-refractivity contribution in [1.82, 2.24) is 0 Å². The Balaban J connectivity index is 1.74. The topological polar surface area (TPSA) is 72.8 Å². The first-order chi connectivity index (χ1) is 13.2. The van der Waals surface area contributed by atoms with Gasteiger partial charge in [0.15, 0.2) is 0 Å². The molecule has 7 unspecified atom stereocenters. The van der Waals surface area contributed by atoms with Crippen LogP contribution in [0.5, 0.6) is 0 Å². The number of aliphatic hydroxyl groups excluding tert-OH is 1. The van der Waals surface area contributed by atoms with Gasteiger partial charge in [0.25, 0.3) is 0 Å². The second-order valence-electron chi connectivity index (χ2n) is 9.20. The molecule has 0 amide bonds. The molecule has 2 aliphatic carbocycles. The molecule has 3 rings (SSSR count). The van der Waals surface area contributed by atoms with Crippen molar-refractivity contribution in [3.8, 4) is 0 Å². The summed E-state index contributed by atoms with van der Waals surface area (Å²) in [5, 5.41) is 9.87. The Morgan fingerprint density at radius 1 is 1.29 bits per heavy atom. The zero-order chi connectivity index (χ0) is 20.4. The van der Waals surface area contributed by atoms with Gasteiger partial charge in [-0.1, -0.05) is 45.9 Å². The second kappa shape index (κ2) is 8.81. The molecule has 0 aromatic carbocycles. The Morgan fingerprint density at radius 2 is 2.04 bits per heavy atom. The minimum absolute atomic E-state index is 0.0969. The van der Waals surface area contributed by atoms with Crippen LogP contribution < -0.4 is 0 Å². The molecular formula is C23H34O5. The van der Waals surface area contributed by atoms with Gasteiger partial charge in [0.05, 0.1) is 18.4 Å². The van der Waals surface area contributed by atoms with E-state index in [0.717, 1.165) is 19.3 Å². The fourth-order valence-corrected chi connectivity index (χ4v) is 4.92. The van der Waals surface area contributed by atoms with E-state index in [4.69, 9.17) is 9.47 Å². The lowest BCUT2D eigenvalue weighted by molar-refractivity contribution is -0.162. The van der Waals surface area contributed by atoms with E-state index in [0.29, 0.717) is 24.2 Å². The molecule has 1 heterocycles. The highest BCUT2D eigenvalue weighted by Crippen LogP contribution is 2.45. The number of hydrogen-bond acceptors (Lipinski definition) is 5. The number of fused-ring (bicyclic) bond motifs is 1. The second-order valence-corrected chi connectivity index (χ2v) is 9.20. The Bertz CT molecular complexity index is 649. The van der Waals surface area contributed by atoms with E-state index < -0.39 is 6.10 Å². The zero-order valence-electron chi connectivity index (χ0n) is 17.5. The third-order valence-corrected chi connectivity index (χ3v) is 6.39. The van der Waals surface area contributed by atoms with E-state index in [2.05, 4.69) is 32.1 Å². The summed E-state index contributed by atoms with van der Waals surface area (Å²) in [5.74, 6) is 0.668. The van der Waals surface area contributed by atoms with Crippen molar-refractivity contribution < 1.29 is 24.2 Å². The van der Waals surface area contributed by atoms with Gasteiger partial charge < -0.3 is 14.6 Å². The van der Waals surface area contributed by atoms with Gasteiger partial charge in [-0.3, -0.25) is 9.59 Å². The highest BCUT2D eigenvalue weighted by molar-refractivity contribution is 5.72. The molecule has 1 fully saturated rings. The minimum atomic E-state index is -0.597. The minimum Gasteiger partial charge on any atom is -0.462 e. The Kier molecular flexibility index (Phi) is 6.64. The summed E-state index contributed by atoms with van der Waals surface area (Å²) < 4.78 is 11.4. The van der Waals surface area contributed by atoms with Crippen molar-refractivity contribution in [3.05, 3.63) is 23.8 Å². The highest BCUT2D eigenvalue weighted by atomic mass is 16.5. The monoisotopic (exact) mass is 390 g/mol. The largest absolute Gasteiger partial charge is 0.462 e. The van der Waals surface area contributed by atoms with Crippen LogP contribution in [-0.4, -0.2) is 35.4 Å². The molecule has 28 heavy (non-hydrogen) atoms. The summed E-state index contributed by atoms with van der Waals surface area (Å²) >= 11 is 0. The molecule has 0 saturated carbocycles. The number of hydrogen-bond donors (Lipinski definition) is 1. The van der Waals surface area contributed by atoms with E-state index in [1.807, 2.05) is 13.8 Å². The van der Waals surface area contributed by atoms with Crippen LogP contribution in [0.3, 0.4) is 0 Å². The third kappa shape index (κ3) is 4.86. The average molecular weight is 391 g/mol. The van der Waals surface area contributed by atoms with Gasteiger partial charge in [-0.2, -0.15) is 0 Å². The molecule has 5 nitrogen and oxygen atoms in total. The summed E-state index contributed by atoms with van der Waals surface area (Å²) in [6, 6.07) is 0. The first kappa shape index (κ1) is 21.1. The van der Waals surface area contributed by atoms with Gasteiger partial charge in [-0.05, 0) is 42.6 Å². The molecule has 156 valence electrons. The molecule has 0 radical (unpaired) electrons. The molecule has 1 aliphatic heterocycles. The van der Waals surface area contributed by atoms with Crippen molar-refractivity contribution in [2.75, 3.05) is 0 Å². The van der Waals surface area contributed by atoms with Crippen molar-refractivity contribution in [3.63, 3.8) is 0 Å². The van der Waals surface area contributed by atoms with Crippen LogP contribution >= 0.6 is 0 Å². The van der Waals surface area contributed by atoms with Crippen molar-refractivity contribution in [1.29, 1.82) is 0 Å². The molecule has 3 aliphatic rings. The average Bonchev–Trinajstić information content (AvgIpc) is 2.60. The van der Waals surface area contributed by atoms with Crippen LogP contribution in [0.25, 0.3) is 0 Å². The number of esters is 2. The van der Waals surface area contributed by atoms with Crippen molar-refractivity contribution in [2.45, 2.75) is 78.1 Å². The first-order valence-corrected chi connectivity index (χ1v) is 10.7. The molecular weight excluding hydrogens is 356 g/mol. The van der Waals surface area contributed by atoms with Crippen LogP contribution in [0.4, 0.5) is 0 Å². The maximum atomic E-state index is 12.3. The van der Waals surface area contributed by atoms with Gasteiger partial charge >= 0.3 is 11.9 Å². The quantitative estimate of drug-likeness (QED) is 0.723. The predicted octanol–water partition coefficient (Wildman–Crippen LogP) is 3.81. The fraction of sp³-hybridized carbons (Fsp3) is 0.739. The number of allylic oxidation sites excluding steroid dienone is 3. The Labute approximate surface area is 168 Å². The van der Waals surface area contributed by atoms with Crippen molar-refractivity contribution in [2.24, 2.45) is 29.6 Å². The van der Waals surface area contributed by atoms with E-state index in [1.165, 1.54) is 5.57 Å². The fourth-order valence-electron chi connectivity index (χ4n) is 4.92. The molecule has 1 N–H and O–H groups in total. The molecule has 0 aromatic rings. The Morgan fingerprint density at radius 3 is 2.71 bits per heavy atom. The molecule has 7 atom stereocenters. The SMILES string of the molecule is CC1C=C2C=CC(C)C(CCC3CC(O)CC(=O)O3)C2C(OC(=O)C(C)C)C1. The Hall–Kier alpha value is -1.62. The maximum absolute atomic E-state index is 12.3. The van der Waals surface area contributed by atoms with E-state index in [1.54, 1.807) is 0 Å². The molecule has 1 saturated heterocycles. The lowest BCUT2D eigenvalue weighted by atomic mass is 9.65. The normalized spacial score (nSPS) is 37.9. The molecule has 0 aromatic heterocycles. The van der Waals surface area contributed by atoms with Gasteiger partial charge in [-0.25, -0.2) is 0 Å². The number of carbonyl (C=O) groups excluding carboxylic acids is 2. The summed E-state index contributed by atoms with van der Waals surface area (Å²) in [7, 11) is 0. The van der Waals surface area contributed by atoms with Crippen LogP contribution in [0.15, 0.2) is 23.8 Å². The number of aliphatic hydroxyl groups is 1. The van der Waals surface area contributed by atoms with Gasteiger partial charge in [0.2, 0.25) is 0 Å². The first-order valence-electron chi connectivity index (χ1n) is 10.7. The van der Waals surface area contributed by atoms with Crippen molar-refractivity contribution >= 4 is 11.9 Å². The zero-order valence-corrected chi connectivity index (χ0v) is 17.5. The van der Waals surface area contributed by atoms with Crippen LogP contribution in [-0.2, 0) is 19.1 Å². The van der Waals surface area contributed by atoms with Crippen LogP contribution in [0, 0.1) is 29.6 Å². The lowest BCUT2D eigenvalue weighted by Gasteiger charge is -2.43. The van der Waals surface area contributed by atoms with E-state index in [9.17, 15) is 14.7 Å². The molecule has 0 bridgehead atoms. The predicted molar refractivity (Wildman–Crippen MR) is 106 cm³/mol. The van der Waals surface area contributed by atoms with E-state index >= 15 is 0 Å². The summed E-state index contributed by atoms with van der Waals surface area (Å²) in [6.45, 7) is 8.12. The van der Waals surface area contributed by atoms with Gasteiger partial charge in [0.1, 0.15) is 12.2 Å². The smallest absolute Gasteiger partial charge is 0.308 e. The number of rotatable bonds is 5. The van der Waals surface area contributed by atoms with Gasteiger partial charge in [-0.15, -0.1) is 0 Å². The maximum Gasteiger partial charge on any atom is 0.308 e. The standard InChI is InChI=1S/C23H34O5/c1-13(2)23(26)28-20-10-14(3)9-16-6-5-15(4)19(22(16)20)8-7-18-11-17(24)12-21(25)27-18/h5-6,9,13-15,17-20,22,24H,7-8,10-12H2,1-4H3. The number of cyclic esters (lactones) is 1. The van der Waals surface area contributed by atoms with E-state index in [-0.39, 0.29) is 42.4 Å². The van der Waals surface area contributed by atoms with Crippen LogP contribution in [0.1, 0.15) is 59.8 Å². The summed E-state index contributed by atoms with van der Waals surface area (Å²) in [6.07, 6.45) is 8.89. The van der Waals surface area contributed by atoms with Gasteiger partial charge in [0, 0.05) is 12.3 Å². The molecule has 0 spiro atoms. The number of carbonyl (C=O) groups is 2. The summed E-state index contributed by atoms with van der Waals surface area (Å²) in [4.78, 5) is 24.0. The number of ether oxygens (including phenoxy) is 2. The summed E-state index contributed by atoms with van der Waals surface area (Å²) in [5.41, 5.74) is 1.27. The third-order valence-electron chi connectivity index (χ3n) is 6.39. The lowest BCUT2D eigenvalue weighted by Crippen LogP contribution is -2.42. The molecule has 5 heteroatoms. The van der Waals surface area contributed by atoms with Crippen LogP contribution in [0.2, 0.25) is 0 Å². The highest BCUT2D eigenvalue weighted by Gasteiger charge is 2.42.